The highest BCUT2D eigenvalue weighted by Gasteiger charge is 2.04. The third-order valence-electron chi connectivity index (χ3n) is 1.27. The standard InChI is InChI=1S/C6H10N4.HNO3/c1-4-3-10(2)9-5(4)6(7)8;2-1(3)4/h3H,1-2H3,(H3,7,8);(H,2,3,4). The zero-order valence-electron chi connectivity index (χ0n) is 7.76. The lowest BCUT2D eigenvalue weighted by Crippen LogP contribution is -2.13. The van der Waals surface area contributed by atoms with E-state index >= 15 is 0 Å². The summed E-state index contributed by atoms with van der Waals surface area (Å²) < 4.78 is 1.64. The first-order chi connectivity index (χ1) is 6.34. The Labute approximate surface area is 79.6 Å². The second kappa shape index (κ2) is 4.80. The summed E-state index contributed by atoms with van der Waals surface area (Å²) in [7, 11) is 1.80. The molecule has 0 saturated heterocycles. The van der Waals surface area contributed by atoms with E-state index in [9.17, 15) is 0 Å². The number of aryl methyl sites for hydroxylation is 2. The quantitative estimate of drug-likeness (QED) is 0.247. The first kappa shape index (κ1) is 11.9. The molecular weight excluding hydrogens is 190 g/mol. The van der Waals surface area contributed by atoms with Crippen molar-refractivity contribution in [3.05, 3.63) is 27.6 Å². The zero-order valence-corrected chi connectivity index (χ0v) is 7.76. The van der Waals surface area contributed by atoms with Gasteiger partial charge in [0.2, 0.25) is 0 Å². The number of nitrogens with zero attached hydrogens (tertiary/aromatic N) is 3. The molecular formula is C6H11N5O3. The summed E-state index contributed by atoms with van der Waals surface area (Å²) in [5.41, 5.74) is 6.75. The number of nitrogens with two attached hydrogens (primary N) is 1. The number of hydrogen-bond acceptors (Lipinski definition) is 4. The Balaban J connectivity index is 0.000000364. The minimum Gasteiger partial charge on any atom is -0.382 e. The summed E-state index contributed by atoms with van der Waals surface area (Å²) in [6.07, 6.45) is 1.83. The van der Waals surface area contributed by atoms with Gasteiger partial charge in [-0.25, -0.2) is 0 Å². The second-order valence-electron chi connectivity index (χ2n) is 2.49. The zero-order chi connectivity index (χ0) is 11.3. The summed E-state index contributed by atoms with van der Waals surface area (Å²) in [4.78, 5) is 8.36. The van der Waals surface area contributed by atoms with Gasteiger partial charge in [-0.05, 0) is 12.5 Å². The summed E-state index contributed by atoms with van der Waals surface area (Å²) in [6.45, 7) is 1.88. The average Bonchev–Trinajstić information content (AvgIpc) is 2.28. The van der Waals surface area contributed by atoms with E-state index in [1.54, 1.807) is 11.7 Å². The fraction of sp³-hybridized carbons (Fsp3) is 0.333. The molecule has 0 amide bonds. The molecule has 0 aliphatic carbocycles. The van der Waals surface area contributed by atoms with Gasteiger partial charge in [0.25, 0.3) is 5.09 Å². The van der Waals surface area contributed by atoms with Crippen LogP contribution in [0.15, 0.2) is 6.20 Å². The van der Waals surface area contributed by atoms with Crippen molar-refractivity contribution >= 4 is 5.84 Å². The highest BCUT2D eigenvalue weighted by molar-refractivity contribution is 5.94. The fourth-order valence-electron chi connectivity index (χ4n) is 0.873. The summed E-state index contributed by atoms with van der Waals surface area (Å²) in [5.74, 6) is 0.0260. The molecule has 1 aromatic heterocycles. The van der Waals surface area contributed by atoms with Gasteiger partial charge in [-0.2, -0.15) is 5.10 Å². The van der Waals surface area contributed by atoms with E-state index in [0.717, 1.165) is 5.56 Å². The number of amidine groups is 1. The van der Waals surface area contributed by atoms with Crippen molar-refractivity contribution in [2.75, 3.05) is 0 Å². The van der Waals surface area contributed by atoms with Gasteiger partial charge in [0.05, 0.1) is 0 Å². The molecule has 14 heavy (non-hydrogen) atoms. The molecule has 78 valence electrons. The highest BCUT2D eigenvalue weighted by atomic mass is 16.9. The van der Waals surface area contributed by atoms with Gasteiger partial charge in [0, 0.05) is 13.2 Å². The molecule has 0 aliphatic rings. The molecule has 0 atom stereocenters. The van der Waals surface area contributed by atoms with Gasteiger partial charge in [-0.15, -0.1) is 10.1 Å². The van der Waals surface area contributed by atoms with E-state index in [-0.39, 0.29) is 5.84 Å². The predicted octanol–water partition coefficient (Wildman–Crippen LogP) is -0.335. The Morgan fingerprint density at radius 3 is 2.43 bits per heavy atom. The minimum absolute atomic E-state index is 0.0260. The molecule has 0 aliphatic heterocycles. The van der Waals surface area contributed by atoms with Crippen molar-refractivity contribution < 1.29 is 10.3 Å². The van der Waals surface area contributed by atoms with E-state index in [1.807, 2.05) is 13.1 Å². The van der Waals surface area contributed by atoms with E-state index < -0.39 is 5.09 Å². The topological polar surface area (TPSA) is 131 Å². The molecule has 4 N–H and O–H groups in total. The molecule has 0 spiro atoms. The maximum atomic E-state index is 8.36. The average molecular weight is 201 g/mol. The van der Waals surface area contributed by atoms with E-state index in [2.05, 4.69) is 5.10 Å². The van der Waals surface area contributed by atoms with Crippen molar-refractivity contribution in [3.63, 3.8) is 0 Å². The van der Waals surface area contributed by atoms with Crippen molar-refractivity contribution in [2.24, 2.45) is 12.8 Å². The maximum Gasteiger partial charge on any atom is 0.291 e. The monoisotopic (exact) mass is 201 g/mol. The normalized spacial score (nSPS) is 8.71. The van der Waals surface area contributed by atoms with Crippen LogP contribution in [-0.4, -0.2) is 25.9 Å². The third-order valence-corrected chi connectivity index (χ3v) is 1.27. The molecule has 1 rings (SSSR count). The molecule has 0 unspecified atom stereocenters. The van der Waals surface area contributed by atoms with E-state index in [4.69, 9.17) is 26.5 Å². The van der Waals surface area contributed by atoms with Crippen molar-refractivity contribution in [1.29, 1.82) is 5.41 Å². The van der Waals surface area contributed by atoms with Crippen LogP contribution in [0.1, 0.15) is 11.3 Å². The first-order valence-corrected chi connectivity index (χ1v) is 3.52. The summed E-state index contributed by atoms with van der Waals surface area (Å²) in [6, 6.07) is 0. The Morgan fingerprint density at radius 1 is 1.86 bits per heavy atom. The highest BCUT2D eigenvalue weighted by Crippen LogP contribution is 2.01. The lowest BCUT2D eigenvalue weighted by atomic mass is 10.3. The SMILES string of the molecule is Cc1cn(C)nc1C(=N)N.O=[N+]([O-])O. The molecule has 1 aromatic rings. The Hall–Kier alpha value is -2.12. The second-order valence-corrected chi connectivity index (χ2v) is 2.49. The van der Waals surface area contributed by atoms with Crippen LogP contribution in [0.4, 0.5) is 0 Å². The molecule has 0 radical (unpaired) electrons. The van der Waals surface area contributed by atoms with Crippen LogP contribution in [0.5, 0.6) is 0 Å². The van der Waals surface area contributed by atoms with Gasteiger partial charge in [0.1, 0.15) is 11.5 Å². The first-order valence-electron chi connectivity index (χ1n) is 3.52. The van der Waals surface area contributed by atoms with Gasteiger partial charge in [0.15, 0.2) is 0 Å². The molecule has 0 bridgehead atoms. The Morgan fingerprint density at radius 2 is 2.29 bits per heavy atom. The minimum atomic E-state index is -1.50. The van der Waals surface area contributed by atoms with Crippen LogP contribution in [0.2, 0.25) is 0 Å². The van der Waals surface area contributed by atoms with Crippen LogP contribution in [0.3, 0.4) is 0 Å². The fourth-order valence-corrected chi connectivity index (χ4v) is 0.873. The number of aromatic nitrogens is 2. The lowest BCUT2D eigenvalue weighted by molar-refractivity contribution is -0.742. The molecule has 8 heteroatoms. The molecule has 1 heterocycles. The largest absolute Gasteiger partial charge is 0.382 e. The van der Waals surface area contributed by atoms with Crippen molar-refractivity contribution in [2.45, 2.75) is 6.92 Å². The van der Waals surface area contributed by atoms with Crippen LogP contribution < -0.4 is 5.73 Å². The Bertz CT molecular complexity index is 341. The summed E-state index contributed by atoms with van der Waals surface area (Å²) in [5, 5.41) is 24.7. The Kier molecular flexibility index (Phi) is 4.07. The molecule has 0 fully saturated rings. The van der Waals surface area contributed by atoms with Gasteiger partial charge >= 0.3 is 0 Å². The number of rotatable bonds is 1. The van der Waals surface area contributed by atoms with Gasteiger partial charge in [-0.3, -0.25) is 10.1 Å². The third kappa shape index (κ3) is 4.04. The predicted molar refractivity (Wildman–Crippen MR) is 47.7 cm³/mol. The van der Waals surface area contributed by atoms with Gasteiger partial charge in [-0.1, -0.05) is 0 Å². The maximum absolute atomic E-state index is 8.36. The van der Waals surface area contributed by atoms with Crippen molar-refractivity contribution in [1.82, 2.24) is 9.78 Å². The van der Waals surface area contributed by atoms with Crippen LogP contribution >= 0.6 is 0 Å². The van der Waals surface area contributed by atoms with E-state index in [1.165, 1.54) is 0 Å². The smallest absolute Gasteiger partial charge is 0.291 e. The number of nitrogens with one attached hydrogen (secondary N) is 1. The van der Waals surface area contributed by atoms with Crippen molar-refractivity contribution in [3.8, 4) is 0 Å². The lowest BCUT2D eigenvalue weighted by Gasteiger charge is -1.90. The number of hydrogen-bond donors (Lipinski definition) is 3. The van der Waals surface area contributed by atoms with E-state index in [0.29, 0.717) is 5.69 Å². The molecule has 0 aromatic carbocycles. The number of nitrogen functional groups attached to an aromatic ring is 1. The molecule has 0 saturated carbocycles. The van der Waals surface area contributed by atoms with Gasteiger partial charge < -0.3 is 10.9 Å². The molecule has 8 nitrogen and oxygen atoms in total. The summed E-state index contributed by atoms with van der Waals surface area (Å²) >= 11 is 0. The van der Waals surface area contributed by atoms with Crippen LogP contribution in [0.25, 0.3) is 0 Å². The van der Waals surface area contributed by atoms with Crippen LogP contribution in [0, 0.1) is 22.4 Å². The van der Waals surface area contributed by atoms with Crippen LogP contribution in [-0.2, 0) is 7.05 Å².